The molecule has 0 aromatic heterocycles. The number of hydrogen-bond donors (Lipinski definition) is 1. The second kappa shape index (κ2) is 5.25. The van der Waals surface area contributed by atoms with E-state index >= 15 is 0 Å². The molecule has 20 heavy (non-hydrogen) atoms. The summed E-state index contributed by atoms with van der Waals surface area (Å²) in [6.07, 6.45) is 0. The summed E-state index contributed by atoms with van der Waals surface area (Å²) < 4.78 is 0. The summed E-state index contributed by atoms with van der Waals surface area (Å²) in [6.45, 7) is 4.39. The molecule has 0 spiro atoms. The maximum Gasteiger partial charge on any atom is 0.244 e. The molecule has 0 unspecified atom stereocenters. The van der Waals surface area contributed by atoms with Crippen molar-refractivity contribution in [3.05, 3.63) is 35.9 Å². The average Bonchev–Trinajstić information content (AvgIpc) is 2.44. The summed E-state index contributed by atoms with van der Waals surface area (Å²) in [4.78, 5) is 27.9. The molecule has 2 saturated heterocycles. The van der Waals surface area contributed by atoms with Gasteiger partial charge in [0.2, 0.25) is 11.8 Å². The van der Waals surface area contributed by atoms with Gasteiger partial charge in [0.05, 0.1) is 6.54 Å². The molecule has 0 saturated carbocycles. The van der Waals surface area contributed by atoms with E-state index in [-0.39, 0.29) is 30.4 Å². The highest BCUT2D eigenvalue weighted by molar-refractivity contribution is 5.95. The van der Waals surface area contributed by atoms with Gasteiger partial charge >= 0.3 is 0 Å². The van der Waals surface area contributed by atoms with Crippen molar-refractivity contribution in [2.75, 3.05) is 19.6 Å². The Labute approximate surface area is 118 Å². The Hall–Kier alpha value is -1.88. The first-order valence-electron chi connectivity index (χ1n) is 7.00. The van der Waals surface area contributed by atoms with Crippen molar-refractivity contribution in [2.45, 2.75) is 25.6 Å². The van der Waals surface area contributed by atoms with E-state index in [4.69, 9.17) is 0 Å². The van der Waals surface area contributed by atoms with Gasteiger partial charge in [0.25, 0.3) is 0 Å². The molecule has 5 nitrogen and oxygen atoms in total. The molecule has 1 aromatic carbocycles. The van der Waals surface area contributed by atoms with Crippen LogP contribution in [-0.4, -0.2) is 53.3 Å². The normalized spacial score (nSPS) is 27.1. The zero-order valence-corrected chi connectivity index (χ0v) is 11.6. The van der Waals surface area contributed by atoms with Crippen molar-refractivity contribution in [1.29, 1.82) is 0 Å². The van der Waals surface area contributed by atoms with E-state index < -0.39 is 0 Å². The first-order valence-corrected chi connectivity index (χ1v) is 7.00. The number of carbonyl (C=O) groups excluding carboxylic acids is 2. The minimum atomic E-state index is -0.344. The van der Waals surface area contributed by atoms with Crippen LogP contribution >= 0.6 is 0 Å². The Morgan fingerprint density at radius 2 is 1.95 bits per heavy atom. The van der Waals surface area contributed by atoms with Crippen LogP contribution in [0.25, 0.3) is 0 Å². The molecule has 1 aromatic rings. The zero-order chi connectivity index (χ0) is 14.1. The number of fused-ring (bicyclic) bond motifs is 1. The third-order valence-corrected chi connectivity index (χ3v) is 4.02. The van der Waals surface area contributed by atoms with Gasteiger partial charge in [-0.25, -0.2) is 0 Å². The third kappa shape index (κ3) is 2.41. The van der Waals surface area contributed by atoms with Crippen LogP contribution in [-0.2, 0) is 16.1 Å². The lowest BCUT2D eigenvalue weighted by molar-refractivity contribution is -0.152. The molecular formula is C15H19N3O2. The molecule has 1 N–H and O–H groups in total. The molecule has 2 aliphatic rings. The first-order chi connectivity index (χ1) is 9.65. The van der Waals surface area contributed by atoms with Crippen LogP contribution in [0.3, 0.4) is 0 Å². The summed E-state index contributed by atoms with van der Waals surface area (Å²) in [6, 6.07) is 9.95. The summed E-state index contributed by atoms with van der Waals surface area (Å²) in [5, 5.41) is 2.68. The van der Waals surface area contributed by atoms with E-state index in [0.717, 1.165) is 13.1 Å². The van der Waals surface area contributed by atoms with Crippen molar-refractivity contribution >= 4 is 11.8 Å². The first kappa shape index (κ1) is 13.1. The summed E-state index contributed by atoms with van der Waals surface area (Å²) >= 11 is 0. The predicted molar refractivity (Wildman–Crippen MR) is 74.8 cm³/mol. The molecule has 2 heterocycles. The topological polar surface area (TPSA) is 52.7 Å². The van der Waals surface area contributed by atoms with Crippen LogP contribution in [0.4, 0.5) is 0 Å². The maximum atomic E-state index is 12.0. The van der Waals surface area contributed by atoms with Crippen LogP contribution in [0.15, 0.2) is 30.3 Å². The Morgan fingerprint density at radius 1 is 1.20 bits per heavy atom. The Morgan fingerprint density at radius 3 is 2.70 bits per heavy atom. The number of piperazine rings is 2. The molecule has 106 valence electrons. The highest BCUT2D eigenvalue weighted by atomic mass is 16.2. The van der Waals surface area contributed by atoms with Crippen molar-refractivity contribution in [1.82, 2.24) is 15.1 Å². The van der Waals surface area contributed by atoms with Gasteiger partial charge < -0.3 is 10.2 Å². The number of hydrogen-bond acceptors (Lipinski definition) is 3. The Kier molecular flexibility index (Phi) is 3.44. The monoisotopic (exact) mass is 273 g/mol. The van der Waals surface area contributed by atoms with Crippen LogP contribution in [0.1, 0.15) is 12.5 Å². The van der Waals surface area contributed by atoms with Gasteiger partial charge in [0.1, 0.15) is 6.04 Å². The van der Waals surface area contributed by atoms with Crippen molar-refractivity contribution in [3.63, 3.8) is 0 Å². The molecule has 2 amide bonds. The van der Waals surface area contributed by atoms with E-state index in [2.05, 4.69) is 22.3 Å². The summed E-state index contributed by atoms with van der Waals surface area (Å²) in [5.41, 5.74) is 1.23. The van der Waals surface area contributed by atoms with Gasteiger partial charge in [-0.05, 0) is 12.5 Å². The summed E-state index contributed by atoms with van der Waals surface area (Å²) in [7, 11) is 0. The van der Waals surface area contributed by atoms with Crippen molar-refractivity contribution < 1.29 is 9.59 Å². The molecule has 5 heteroatoms. The lowest BCUT2D eigenvalue weighted by atomic mass is 10.0. The van der Waals surface area contributed by atoms with Gasteiger partial charge in [-0.1, -0.05) is 30.3 Å². The average molecular weight is 273 g/mol. The smallest absolute Gasteiger partial charge is 0.244 e. The quantitative estimate of drug-likeness (QED) is 0.838. The molecule has 0 bridgehead atoms. The largest absolute Gasteiger partial charge is 0.345 e. The lowest BCUT2D eigenvalue weighted by Gasteiger charge is -2.47. The van der Waals surface area contributed by atoms with E-state index in [1.165, 1.54) is 5.56 Å². The second-order valence-corrected chi connectivity index (χ2v) is 5.56. The second-order valence-electron chi connectivity index (χ2n) is 5.56. The van der Waals surface area contributed by atoms with E-state index in [1.807, 2.05) is 25.1 Å². The SMILES string of the molecule is C[C@@H]1CN(Cc2ccccc2)C[C@@H]2C(=O)NCC(=O)N12. The summed E-state index contributed by atoms with van der Waals surface area (Å²) in [5.74, 6) is -0.00401. The molecule has 0 aliphatic carbocycles. The minimum absolute atomic E-state index is 0.0291. The van der Waals surface area contributed by atoms with Gasteiger partial charge in [-0.15, -0.1) is 0 Å². The van der Waals surface area contributed by atoms with Gasteiger partial charge in [0, 0.05) is 25.7 Å². The number of benzene rings is 1. The standard InChI is InChI=1S/C15H19N3O2/c1-11-8-17(9-12-5-3-2-4-6-12)10-13-15(20)16-7-14(19)18(11)13/h2-6,11,13H,7-10H2,1H3,(H,16,20)/t11-,13-/m1/s1. The minimum Gasteiger partial charge on any atom is -0.345 e. The number of rotatable bonds is 2. The molecule has 0 radical (unpaired) electrons. The highest BCUT2D eigenvalue weighted by Crippen LogP contribution is 2.20. The highest BCUT2D eigenvalue weighted by Gasteiger charge is 2.41. The third-order valence-electron chi connectivity index (χ3n) is 4.02. The van der Waals surface area contributed by atoms with Crippen LogP contribution < -0.4 is 5.32 Å². The van der Waals surface area contributed by atoms with Gasteiger partial charge in [0.15, 0.2) is 0 Å². The number of amides is 2. The van der Waals surface area contributed by atoms with Gasteiger partial charge in [-0.3, -0.25) is 14.5 Å². The Balaban J connectivity index is 1.74. The number of nitrogens with zero attached hydrogens (tertiary/aromatic N) is 2. The Bertz CT molecular complexity index is 517. The fourth-order valence-electron chi connectivity index (χ4n) is 3.15. The molecule has 2 aliphatic heterocycles. The zero-order valence-electron chi connectivity index (χ0n) is 11.6. The molecular weight excluding hydrogens is 254 g/mol. The number of nitrogens with one attached hydrogen (secondary N) is 1. The van der Waals surface area contributed by atoms with Crippen LogP contribution in [0, 0.1) is 0 Å². The van der Waals surface area contributed by atoms with Gasteiger partial charge in [-0.2, -0.15) is 0 Å². The van der Waals surface area contributed by atoms with Crippen LogP contribution in [0.5, 0.6) is 0 Å². The molecule has 2 atom stereocenters. The fourth-order valence-corrected chi connectivity index (χ4v) is 3.15. The number of carbonyl (C=O) groups is 2. The molecule has 3 rings (SSSR count). The van der Waals surface area contributed by atoms with E-state index in [0.29, 0.717) is 6.54 Å². The van der Waals surface area contributed by atoms with Crippen molar-refractivity contribution in [3.8, 4) is 0 Å². The van der Waals surface area contributed by atoms with Crippen LogP contribution in [0.2, 0.25) is 0 Å². The van der Waals surface area contributed by atoms with E-state index in [9.17, 15) is 9.59 Å². The molecule has 2 fully saturated rings. The van der Waals surface area contributed by atoms with E-state index in [1.54, 1.807) is 4.90 Å². The fraction of sp³-hybridized carbons (Fsp3) is 0.467. The lowest BCUT2D eigenvalue weighted by Crippen LogP contribution is -2.68. The predicted octanol–water partition coefficient (Wildman–Crippen LogP) is 0.218. The van der Waals surface area contributed by atoms with Crippen molar-refractivity contribution in [2.24, 2.45) is 0 Å². The maximum absolute atomic E-state index is 12.0.